The van der Waals surface area contributed by atoms with Gasteiger partial charge in [-0.05, 0) is 12.1 Å². The largest absolute Gasteiger partial charge is 0.495 e. The lowest BCUT2D eigenvalue weighted by Gasteiger charge is -2.27. The van der Waals surface area contributed by atoms with Crippen molar-refractivity contribution in [3.63, 3.8) is 0 Å². The molecule has 1 aromatic carbocycles. The van der Waals surface area contributed by atoms with Crippen molar-refractivity contribution < 1.29 is 14.3 Å². The summed E-state index contributed by atoms with van der Waals surface area (Å²) in [5.74, 6) is 0.551. The number of morpholine rings is 1. The van der Waals surface area contributed by atoms with Crippen LogP contribution in [-0.4, -0.2) is 44.3 Å². The van der Waals surface area contributed by atoms with Gasteiger partial charge in [0.25, 0.3) is 0 Å². The van der Waals surface area contributed by atoms with Gasteiger partial charge in [0.15, 0.2) is 0 Å². The summed E-state index contributed by atoms with van der Waals surface area (Å²) in [7, 11) is 1.54. The van der Waals surface area contributed by atoms with Crippen molar-refractivity contribution in [1.29, 1.82) is 0 Å². The van der Waals surface area contributed by atoms with E-state index in [4.69, 9.17) is 15.2 Å². The summed E-state index contributed by atoms with van der Waals surface area (Å²) in [5, 5.41) is 2.81. The second-order valence-corrected chi connectivity index (χ2v) is 3.99. The van der Waals surface area contributed by atoms with E-state index in [2.05, 4.69) is 5.32 Å². The number of methoxy groups -OCH3 is 1. The number of hydrogen-bond donors (Lipinski definition) is 2. The molecule has 3 N–H and O–H groups in total. The molecule has 1 aliphatic heterocycles. The van der Waals surface area contributed by atoms with Gasteiger partial charge in [0.1, 0.15) is 5.75 Å². The highest BCUT2D eigenvalue weighted by Gasteiger charge is 2.16. The van der Waals surface area contributed by atoms with E-state index >= 15 is 0 Å². The lowest BCUT2D eigenvalue weighted by Crippen LogP contribution is -2.43. The molecule has 0 spiro atoms. The fourth-order valence-corrected chi connectivity index (χ4v) is 1.76. The predicted molar refractivity (Wildman–Crippen MR) is 68.8 cm³/mol. The standard InChI is InChI=1S/C12H17N3O3/c1-17-11-8-9(2-3-10(11)13)14-12(16)15-4-6-18-7-5-15/h2-3,8H,4-7,13H2,1H3,(H,14,16). The Hall–Kier alpha value is -1.95. The van der Waals surface area contributed by atoms with Gasteiger partial charge >= 0.3 is 6.03 Å². The number of nitrogen functional groups attached to an aromatic ring is 1. The number of ether oxygens (including phenoxy) is 2. The Morgan fingerprint density at radius 1 is 1.44 bits per heavy atom. The van der Waals surface area contributed by atoms with Crippen molar-refractivity contribution in [1.82, 2.24) is 4.90 Å². The zero-order chi connectivity index (χ0) is 13.0. The van der Waals surface area contributed by atoms with E-state index in [-0.39, 0.29) is 6.03 Å². The molecule has 0 aromatic heterocycles. The Morgan fingerprint density at radius 2 is 2.17 bits per heavy atom. The minimum atomic E-state index is -0.134. The summed E-state index contributed by atoms with van der Waals surface area (Å²) in [4.78, 5) is 13.7. The molecule has 1 fully saturated rings. The number of nitrogens with two attached hydrogens (primary N) is 1. The molecule has 6 heteroatoms. The Labute approximate surface area is 106 Å². The third-order valence-electron chi connectivity index (χ3n) is 2.78. The van der Waals surface area contributed by atoms with E-state index in [1.807, 2.05) is 0 Å². The molecule has 0 bridgehead atoms. The molecule has 1 aromatic rings. The molecule has 1 heterocycles. The van der Waals surface area contributed by atoms with Gasteiger partial charge in [0.2, 0.25) is 0 Å². The van der Waals surface area contributed by atoms with Crippen LogP contribution in [0.5, 0.6) is 5.75 Å². The van der Waals surface area contributed by atoms with E-state index in [1.54, 1.807) is 30.2 Å². The molecule has 2 amide bonds. The Kier molecular flexibility index (Phi) is 3.88. The highest BCUT2D eigenvalue weighted by atomic mass is 16.5. The minimum absolute atomic E-state index is 0.134. The number of benzene rings is 1. The first-order chi connectivity index (χ1) is 8.70. The molecular weight excluding hydrogens is 234 g/mol. The summed E-state index contributed by atoms with van der Waals surface area (Å²) in [5.41, 5.74) is 6.92. The maximum Gasteiger partial charge on any atom is 0.322 e. The van der Waals surface area contributed by atoms with Crippen LogP contribution in [0.4, 0.5) is 16.2 Å². The molecule has 1 aliphatic rings. The number of hydrogen-bond acceptors (Lipinski definition) is 4. The molecule has 0 radical (unpaired) electrons. The number of anilines is 2. The smallest absolute Gasteiger partial charge is 0.322 e. The highest BCUT2D eigenvalue weighted by Crippen LogP contribution is 2.25. The number of carbonyl (C=O) groups excluding carboxylic acids is 1. The first-order valence-corrected chi connectivity index (χ1v) is 5.78. The number of nitrogens with zero attached hydrogens (tertiary/aromatic N) is 1. The van der Waals surface area contributed by atoms with Crippen molar-refractivity contribution in [3.8, 4) is 5.75 Å². The Balaban J connectivity index is 2.02. The van der Waals surface area contributed by atoms with Crippen LogP contribution in [0.1, 0.15) is 0 Å². The van der Waals surface area contributed by atoms with Crippen LogP contribution in [0, 0.1) is 0 Å². The summed E-state index contributed by atoms with van der Waals surface area (Å²) in [6.07, 6.45) is 0. The molecule has 0 aliphatic carbocycles. The zero-order valence-corrected chi connectivity index (χ0v) is 10.3. The van der Waals surface area contributed by atoms with Gasteiger partial charge in [-0.25, -0.2) is 4.79 Å². The van der Waals surface area contributed by atoms with Gasteiger partial charge in [-0.15, -0.1) is 0 Å². The second kappa shape index (κ2) is 5.59. The number of carbonyl (C=O) groups is 1. The van der Waals surface area contributed by atoms with Gasteiger partial charge in [-0.3, -0.25) is 0 Å². The molecule has 1 saturated heterocycles. The molecular formula is C12H17N3O3. The van der Waals surface area contributed by atoms with Crippen molar-refractivity contribution in [2.45, 2.75) is 0 Å². The van der Waals surface area contributed by atoms with Crippen LogP contribution in [0.25, 0.3) is 0 Å². The van der Waals surface area contributed by atoms with E-state index < -0.39 is 0 Å². The van der Waals surface area contributed by atoms with Crippen molar-refractivity contribution in [2.75, 3.05) is 44.5 Å². The van der Waals surface area contributed by atoms with E-state index in [0.29, 0.717) is 43.4 Å². The maximum absolute atomic E-state index is 11.9. The maximum atomic E-state index is 11.9. The van der Waals surface area contributed by atoms with E-state index in [1.165, 1.54) is 0 Å². The molecule has 0 saturated carbocycles. The summed E-state index contributed by atoms with van der Waals surface area (Å²) in [6.45, 7) is 2.38. The molecule has 98 valence electrons. The van der Waals surface area contributed by atoms with Crippen molar-refractivity contribution in [3.05, 3.63) is 18.2 Å². The molecule has 2 rings (SSSR count). The number of urea groups is 1. The first-order valence-electron chi connectivity index (χ1n) is 5.78. The average molecular weight is 251 g/mol. The van der Waals surface area contributed by atoms with Crippen LogP contribution in [-0.2, 0) is 4.74 Å². The summed E-state index contributed by atoms with van der Waals surface area (Å²) in [6, 6.07) is 5.02. The highest BCUT2D eigenvalue weighted by molar-refractivity contribution is 5.90. The van der Waals surface area contributed by atoms with Gasteiger partial charge in [0, 0.05) is 24.8 Å². The van der Waals surface area contributed by atoms with Crippen molar-refractivity contribution >= 4 is 17.4 Å². The third kappa shape index (κ3) is 2.84. The molecule has 6 nitrogen and oxygen atoms in total. The summed E-state index contributed by atoms with van der Waals surface area (Å²) >= 11 is 0. The lowest BCUT2D eigenvalue weighted by atomic mass is 10.2. The number of rotatable bonds is 2. The van der Waals surface area contributed by atoms with Gasteiger partial charge < -0.3 is 25.4 Å². The Morgan fingerprint density at radius 3 is 2.83 bits per heavy atom. The topological polar surface area (TPSA) is 76.8 Å². The van der Waals surface area contributed by atoms with Gasteiger partial charge in [-0.1, -0.05) is 0 Å². The van der Waals surface area contributed by atoms with E-state index in [9.17, 15) is 4.79 Å². The average Bonchev–Trinajstić information content (AvgIpc) is 2.42. The van der Waals surface area contributed by atoms with Crippen LogP contribution in [0.3, 0.4) is 0 Å². The quantitative estimate of drug-likeness (QED) is 0.773. The Bertz CT molecular complexity index is 431. The molecule has 0 atom stereocenters. The number of nitrogens with one attached hydrogen (secondary N) is 1. The fourth-order valence-electron chi connectivity index (χ4n) is 1.76. The monoisotopic (exact) mass is 251 g/mol. The van der Waals surface area contributed by atoms with Crippen LogP contribution >= 0.6 is 0 Å². The van der Waals surface area contributed by atoms with Crippen molar-refractivity contribution in [2.24, 2.45) is 0 Å². The third-order valence-corrected chi connectivity index (χ3v) is 2.78. The zero-order valence-electron chi connectivity index (χ0n) is 10.3. The number of amides is 2. The molecule has 0 unspecified atom stereocenters. The minimum Gasteiger partial charge on any atom is -0.495 e. The van der Waals surface area contributed by atoms with E-state index in [0.717, 1.165) is 0 Å². The van der Waals surface area contributed by atoms with Crippen LogP contribution < -0.4 is 15.8 Å². The van der Waals surface area contributed by atoms with Crippen LogP contribution in [0.15, 0.2) is 18.2 Å². The normalized spacial score (nSPS) is 15.3. The second-order valence-electron chi connectivity index (χ2n) is 3.99. The lowest BCUT2D eigenvalue weighted by molar-refractivity contribution is 0.0564. The fraction of sp³-hybridized carbons (Fsp3) is 0.417. The predicted octanol–water partition coefficient (Wildman–Crippen LogP) is 1.14. The SMILES string of the molecule is COc1cc(NC(=O)N2CCOCC2)ccc1N. The van der Waals surface area contributed by atoms with Crippen LogP contribution in [0.2, 0.25) is 0 Å². The first kappa shape index (κ1) is 12.5. The summed E-state index contributed by atoms with van der Waals surface area (Å²) < 4.78 is 10.3. The molecule has 18 heavy (non-hydrogen) atoms. The van der Waals surface area contributed by atoms with Gasteiger partial charge in [-0.2, -0.15) is 0 Å². The van der Waals surface area contributed by atoms with Gasteiger partial charge in [0.05, 0.1) is 26.0 Å².